The second-order valence-corrected chi connectivity index (χ2v) is 13.6. The minimum Gasteiger partial charge on any atom is -0.378 e. The number of benzene rings is 1. The van der Waals surface area contributed by atoms with Crippen molar-refractivity contribution in [2.45, 2.75) is 64.4 Å². The standard InChI is InChI=1S/C27H35N7O3S/c1-18-13-27(16-36-18)8-10-33(11-9-27)24-22(15-37-38(35)26(2,3)4)31-25-21(30-24)14-29-34(25)19-6-7-23-20(12-19)28-17-32(23)5/h6-7,12,14,17-18H,8-11,13,15-16H2,1-5H3/t18-,38?/m0/s1. The number of anilines is 1. The predicted molar refractivity (Wildman–Crippen MR) is 148 cm³/mol. The Morgan fingerprint density at radius 1 is 1.18 bits per heavy atom. The predicted octanol–water partition coefficient (Wildman–Crippen LogP) is 4.08. The molecule has 1 aromatic carbocycles. The van der Waals surface area contributed by atoms with E-state index in [1.54, 1.807) is 17.2 Å². The molecule has 3 aromatic heterocycles. The van der Waals surface area contributed by atoms with Crippen LogP contribution in [0.5, 0.6) is 0 Å². The molecule has 11 heteroatoms. The number of aryl methyl sites for hydroxylation is 1. The molecule has 2 atom stereocenters. The highest BCUT2D eigenvalue weighted by Crippen LogP contribution is 2.43. The molecule has 0 aliphatic carbocycles. The third-order valence-electron chi connectivity index (χ3n) is 7.72. The fraction of sp³-hybridized carbons (Fsp3) is 0.556. The molecule has 202 valence electrons. The largest absolute Gasteiger partial charge is 0.378 e. The quantitative estimate of drug-likeness (QED) is 0.376. The van der Waals surface area contributed by atoms with E-state index in [1.807, 2.05) is 50.6 Å². The first kappa shape index (κ1) is 25.4. The molecule has 5 heterocycles. The molecule has 4 aromatic rings. The van der Waals surface area contributed by atoms with Crippen LogP contribution in [0.25, 0.3) is 27.9 Å². The molecule has 0 radical (unpaired) electrons. The Balaban J connectivity index is 1.36. The third-order valence-corrected chi connectivity index (χ3v) is 9.06. The Morgan fingerprint density at radius 3 is 2.68 bits per heavy atom. The summed E-state index contributed by atoms with van der Waals surface area (Å²) in [5.74, 6) is 0.782. The number of ether oxygens (including phenoxy) is 1. The van der Waals surface area contributed by atoms with E-state index in [-0.39, 0.29) is 12.0 Å². The van der Waals surface area contributed by atoms with Crippen molar-refractivity contribution in [1.82, 2.24) is 29.3 Å². The van der Waals surface area contributed by atoms with Gasteiger partial charge in [0.05, 0.1) is 46.7 Å². The van der Waals surface area contributed by atoms with Gasteiger partial charge in [0.2, 0.25) is 0 Å². The van der Waals surface area contributed by atoms with Gasteiger partial charge in [0.25, 0.3) is 0 Å². The molecule has 0 saturated carbocycles. The smallest absolute Gasteiger partial charge is 0.182 e. The molecule has 2 aliphatic heterocycles. The molecule has 0 bridgehead atoms. The topological polar surface area (TPSA) is 100 Å². The minimum absolute atomic E-state index is 0.106. The van der Waals surface area contributed by atoms with Crippen LogP contribution in [-0.2, 0) is 33.7 Å². The normalized spacial score (nSPS) is 20.7. The lowest BCUT2D eigenvalue weighted by Crippen LogP contribution is -2.41. The molecule has 6 rings (SSSR count). The number of aromatic nitrogens is 6. The molecular formula is C27H35N7O3S. The van der Waals surface area contributed by atoms with E-state index in [9.17, 15) is 4.21 Å². The lowest BCUT2D eigenvalue weighted by molar-refractivity contribution is 0.0975. The van der Waals surface area contributed by atoms with E-state index in [0.717, 1.165) is 61.5 Å². The molecule has 1 spiro atoms. The maximum atomic E-state index is 12.7. The number of fused-ring (bicyclic) bond motifs is 2. The minimum atomic E-state index is -1.48. The van der Waals surface area contributed by atoms with E-state index < -0.39 is 15.8 Å². The molecule has 0 amide bonds. The van der Waals surface area contributed by atoms with Crippen molar-refractivity contribution >= 4 is 39.1 Å². The summed E-state index contributed by atoms with van der Waals surface area (Å²) in [4.78, 5) is 16.8. The highest BCUT2D eigenvalue weighted by molar-refractivity contribution is 7.81. The van der Waals surface area contributed by atoms with Crippen molar-refractivity contribution in [3.8, 4) is 5.69 Å². The maximum absolute atomic E-state index is 12.7. The van der Waals surface area contributed by atoms with Gasteiger partial charge in [-0.15, -0.1) is 0 Å². The van der Waals surface area contributed by atoms with Crippen LogP contribution in [0, 0.1) is 5.41 Å². The van der Waals surface area contributed by atoms with Gasteiger partial charge in [0, 0.05) is 20.1 Å². The monoisotopic (exact) mass is 537 g/mol. The van der Waals surface area contributed by atoms with Gasteiger partial charge in [0.1, 0.15) is 17.8 Å². The first-order chi connectivity index (χ1) is 18.1. The van der Waals surface area contributed by atoms with Crippen LogP contribution < -0.4 is 4.90 Å². The zero-order chi connectivity index (χ0) is 26.7. The Morgan fingerprint density at radius 2 is 1.97 bits per heavy atom. The molecule has 38 heavy (non-hydrogen) atoms. The number of rotatable bonds is 5. The van der Waals surface area contributed by atoms with Crippen LogP contribution >= 0.6 is 0 Å². The SMILES string of the molecule is C[C@H]1CC2(CCN(c3nc4cnn(-c5ccc6c(c5)ncn6C)c4nc3COS(=O)C(C)(C)C)CC2)CO1. The van der Waals surface area contributed by atoms with Gasteiger partial charge in [-0.2, -0.15) is 5.10 Å². The number of nitrogens with zero attached hydrogens (tertiary/aromatic N) is 7. The van der Waals surface area contributed by atoms with E-state index >= 15 is 0 Å². The Hall–Kier alpha value is -2.89. The highest BCUT2D eigenvalue weighted by Gasteiger charge is 2.41. The van der Waals surface area contributed by atoms with Crippen LogP contribution in [0.4, 0.5) is 5.82 Å². The van der Waals surface area contributed by atoms with Crippen LogP contribution in [0.3, 0.4) is 0 Å². The van der Waals surface area contributed by atoms with Crippen molar-refractivity contribution in [3.05, 3.63) is 36.4 Å². The fourth-order valence-electron chi connectivity index (χ4n) is 5.54. The summed E-state index contributed by atoms with van der Waals surface area (Å²) < 4.78 is 27.8. The average Bonchev–Trinajstić information content (AvgIpc) is 3.58. The highest BCUT2D eigenvalue weighted by atomic mass is 32.2. The summed E-state index contributed by atoms with van der Waals surface area (Å²) in [5, 5.41) is 4.63. The Bertz CT molecular complexity index is 1510. The molecule has 2 fully saturated rings. The first-order valence-electron chi connectivity index (χ1n) is 13.2. The average molecular weight is 538 g/mol. The summed E-state index contributed by atoms with van der Waals surface area (Å²) in [6, 6.07) is 6.03. The zero-order valence-electron chi connectivity index (χ0n) is 22.7. The van der Waals surface area contributed by atoms with E-state index in [2.05, 4.69) is 21.9 Å². The number of imidazole rings is 1. The molecule has 0 N–H and O–H groups in total. The molecule has 2 aliphatic rings. The van der Waals surface area contributed by atoms with Crippen LogP contribution in [0.15, 0.2) is 30.7 Å². The van der Waals surface area contributed by atoms with E-state index in [4.69, 9.17) is 18.9 Å². The molecular weight excluding hydrogens is 502 g/mol. The van der Waals surface area contributed by atoms with Gasteiger partial charge in [-0.05, 0) is 70.6 Å². The molecule has 10 nitrogen and oxygen atoms in total. The van der Waals surface area contributed by atoms with Crippen molar-refractivity contribution in [2.75, 3.05) is 24.6 Å². The van der Waals surface area contributed by atoms with Gasteiger partial charge in [-0.3, -0.25) is 4.18 Å². The molecule has 1 unspecified atom stereocenters. The lowest BCUT2D eigenvalue weighted by Gasteiger charge is -2.39. The first-order valence-corrected chi connectivity index (χ1v) is 14.3. The summed E-state index contributed by atoms with van der Waals surface area (Å²) in [6.07, 6.45) is 7.09. The lowest BCUT2D eigenvalue weighted by atomic mass is 9.77. The van der Waals surface area contributed by atoms with Gasteiger partial charge in [-0.25, -0.2) is 23.8 Å². The molecule has 2 saturated heterocycles. The van der Waals surface area contributed by atoms with Crippen molar-refractivity contribution in [2.24, 2.45) is 12.5 Å². The zero-order valence-corrected chi connectivity index (χ0v) is 23.5. The second kappa shape index (κ2) is 9.39. The number of piperidine rings is 1. The van der Waals surface area contributed by atoms with Crippen LogP contribution in [0.2, 0.25) is 0 Å². The van der Waals surface area contributed by atoms with Crippen LogP contribution in [-0.4, -0.2) is 64.1 Å². The van der Waals surface area contributed by atoms with E-state index in [1.165, 1.54) is 0 Å². The number of hydrogen-bond donors (Lipinski definition) is 0. The van der Waals surface area contributed by atoms with Crippen LogP contribution in [0.1, 0.15) is 52.7 Å². The second-order valence-electron chi connectivity index (χ2n) is 11.7. The van der Waals surface area contributed by atoms with Crippen molar-refractivity contribution in [1.29, 1.82) is 0 Å². The van der Waals surface area contributed by atoms with Crippen molar-refractivity contribution in [3.63, 3.8) is 0 Å². The fourth-order valence-corrected chi connectivity index (χ4v) is 6.11. The van der Waals surface area contributed by atoms with Gasteiger partial charge < -0.3 is 14.2 Å². The summed E-state index contributed by atoms with van der Waals surface area (Å²) >= 11 is -1.48. The summed E-state index contributed by atoms with van der Waals surface area (Å²) in [5.41, 5.74) is 5.05. The Labute approximate surface area is 225 Å². The Kier molecular flexibility index (Phi) is 6.27. The maximum Gasteiger partial charge on any atom is 0.182 e. The summed E-state index contributed by atoms with van der Waals surface area (Å²) in [7, 11) is 1.97. The summed E-state index contributed by atoms with van der Waals surface area (Å²) in [6.45, 7) is 10.5. The van der Waals surface area contributed by atoms with Gasteiger partial charge in [-0.1, -0.05) is 0 Å². The third kappa shape index (κ3) is 4.60. The van der Waals surface area contributed by atoms with E-state index in [0.29, 0.717) is 23.0 Å². The number of hydrogen-bond acceptors (Lipinski definition) is 8. The van der Waals surface area contributed by atoms with Gasteiger partial charge >= 0.3 is 0 Å². The van der Waals surface area contributed by atoms with Crippen molar-refractivity contribution < 1.29 is 13.1 Å². The van der Waals surface area contributed by atoms with Gasteiger partial charge in [0.15, 0.2) is 22.5 Å².